The Bertz CT molecular complexity index is 78.2. The van der Waals surface area contributed by atoms with Crippen LogP contribution >= 0.6 is 23.5 Å². The van der Waals surface area contributed by atoms with Crippen LogP contribution in [0.4, 0.5) is 0 Å². The third-order valence-electron chi connectivity index (χ3n) is 1.24. The zero-order valence-electron chi connectivity index (χ0n) is 7.83. The van der Waals surface area contributed by atoms with Gasteiger partial charge in [-0.1, -0.05) is 13.8 Å². The summed E-state index contributed by atoms with van der Waals surface area (Å²) in [5, 5.41) is 5.52. The maximum absolute atomic E-state index is 4.58. The molecule has 0 saturated carbocycles. The predicted octanol–water partition coefficient (Wildman–Crippen LogP) is 2.79. The zero-order chi connectivity index (χ0) is 8.69. The van der Waals surface area contributed by atoms with E-state index in [0.29, 0.717) is 10.7 Å². The Hall–Kier alpha value is 0.660. The molecular weight excluding hydrogens is 174 g/mol. The van der Waals surface area contributed by atoms with E-state index < -0.39 is 0 Å². The van der Waals surface area contributed by atoms with Crippen LogP contribution in [-0.4, -0.2) is 22.3 Å². The minimum absolute atomic E-state index is 0.467. The van der Waals surface area contributed by atoms with E-state index in [1.165, 1.54) is 0 Å². The van der Waals surface area contributed by atoms with Crippen LogP contribution < -0.4 is 5.32 Å². The van der Waals surface area contributed by atoms with Gasteiger partial charge in [0.05, 0.1) is 10.7 Å². The molecule has 0 aromatic rings. The fourth-order valence-corrected chi connectivity index (χ4v) is 2.44. The van der Waals surface area contributed by atoms with Gasteiger partial charge in [0.25, 0.3) is 0 Å². The summed E-state index contributed by atoms with van der Waals surface area (Å²) in [5.41, 5.74) is 0. The fourth-order valence-electron chi connectivity index (χ4n) is 0.864. The topological polar surface area (TPSA) is 14.1 Å². The lowest BCUT2D eigenvalue weighted by atomic mass is 10.6. The molecule has 1 radical (unpaired) electrons. The third kappa shape index (κ3) is 7.04. The van der Waals surface area contributed by atoms with E-state index in [0.717, 1.165) is 11.5 Å². The van der Waals surface area contributed by atoms with Crippen LogP contribution in [-0.2, 0) is 0 Å². The lowest BCUT2D eigenvalue weighted by Gasteiger charge is -2.15. The lowest BCUT2D eigenvalue weighted by Crippen LogP contribution is -2.22. The molecule has 0 amide bonds. The van der Waals surface area contributed by atoms with E-state index in [1.54, 1.807) is 0 Å². The SMILES string of the molecule is CCSC(C)[N]C(C)SCC. The fraction of sp³-hybridized carbons (Fsp3) is 1.00. The second-order valence-corrected chi connectivity index (χ2v) is 5.44. The Morgan fingerprint density at radius 3 is 1.64 bits per heavy atom. The Balaban J connectivity index is 3.32. The van der Waals surface area contributed by atoms with E-state index in [1.807, 2.05) is 23.5 Å². The van der Waals surface area contributed by atoms with Gasteiger partial charge in [-0.25, -0.2) is 5.32 Å². The summed E-state index contributed by atoms with van der Waals surface area (Å²) in [5.74, 6) is 2.32. The molecule has 0 aliphatic heterocycles. The number of rotatable bonds is 6. The van der Waals surface area contributed by atoms with Crippen molar-refractivity contribution in [3.8, 4) is 0 Å². The van der Waals surface area contributed by atoms with Gasteiger partial charge in [-0.2, -0.15) is 0 Å². The highest BCUT2D eigenvalue weighted by Crippen LogP contribution is 2.14. The molecule has 2 unspecified atom stereocenters. The van der Waals surface area contributed by atoms with Crippen molar-refractivity contribution >= 4 is 23.5 Å². The van der Waals surface area contributed by atoms with Gasteiger partial charge in [0.15, 0.2) is 0 Å². The minimum atomic E-state index is 0.467. The average molecular weight is 192 g/mol. The molecule has 0 rings (SSSR count). The number of thioether (sulfide) groups is 2. The summed E-state index contributed by atoms with van der Waals surface area (Å²) in [6, 6.07) is 0. The first-order valence-corrected chi connectivity index (χ1v) is 6.23. The monoisotopic (exact) mass is 192 g/mol. The molecule has 0 fully saturated rings. The van der Waals surface area contributed by atoms with Crippen LogP contribution in [0.15, 0.2) is 0 Å². The molecule has 11 heavy (non-hydrogen) atoms. The van der Waals surface area contributed by atoms with Crippen molar-refractivity contribution < 1.29 is 0 Å². The average Bonchev–Trinajstić information content (AvgIpc) is 1.87. The largest absolute Gasteiger partial charge is 0.214 e. The van der Waals surface area contributed by atoms with Gasteiger partial charge in [0.2, 0.25) is 0 Å². The Morgan fingerprint density at radius 2 is 1.36 bits per heavy atom. The molecule has 1 nitrogen and oxygen atoms in total. The van der Waals surface area contributed by atoms with Gasteiger partial charge in [0.1, 0.15) is 0 Å². The molecule has 3 heteroatoms. The maximum Gasteiger partial charge on any atom is 0.0683 e. The van der Waals surface area contributed by atoms with Gasteiger partial charge in [-0.3, -0.25) is 0 Å². The van der Waals surface area contributed by atoms with Crippen molar-refractivity contribution in [1.82, 2.24) is 5.32 Å². The second-order valence-electron chi connectivity index (χ2n) is 2.26. The molecule has 0 aliphatic carbocycles. The van der Waals surface area contributed by atoms with E-state index in [-0.39, 0.29) is 0 Å². The van der Waals surface area contributed by atoms with E-state index >= 15 is 0 Å². The van der Waals surface area contributed by atoms with Crippen LogP contribution in [0.2, 0.25) is 0 Å². The van der Waals surface area contributed by atoms with E-state index in [2.05, 4.69) is 33.0 Å². The number of nitrogens with zero attached hydrogens (tertiary/aromatic N) is 1. The normalized spacial score (nSPS) is 16.4. The molecule has 67 valence electrons. The van der Waals surface area contributed by atoms with E-state index in [9.17, 15) is 0 Å². The minimum Gasteiger partial charge on any atom is -0.214 e. The van der Waals surface area contributed by atoms with Gasteiger partial charge in [-0.05, 0) is 25.4 Å². The highest BCUT2D eigenvalue weighted by molar-refractivity contribution is 8.00. The maximum atomic E-state index is 4.58. The Morgan fingerprint density at radius 1 is 1.00 bits per heavy atom. The first-order valence-electron chi connectivity index (χ1n) is 4.13. The van der Waals surface area contributed by atoms with Gasteiger partial charge in [-0.15, -0.1) is 23.5 Å². The second kappa shape index (κ2) is 7.32. The molecule has 0 aliphatic rings. The van der Waals surface area contributed by atoms with Crippen molar-refractivity contribution in [2.75, 3.05) is 11.5 Å². The van der Waals surface area contributed by atoms with Crippen molar-refractivity contribution in [3.63, 3.8) is 0 Å². The summed E-state index contributed by atoms with van der Waals surface area (Å²) in [7, 11) is 0. The zero-order valence-corrected chi connectivity index (χ0v) is 9.47. The van der Waals surface area contributed by atoms with E-state index in [4.69, 9.17) is 0 Å². The molecule has 0 saturated heterocycles. The summed E-state index contributed by atoms with van der Waals surface area (Å²) in [4.78, 5) is 0. The van der Waals surface area contributed by atoms with Crippen molar-refractivity contribution in [2.24, 2.45) is 0 Å². The number of hydrogen-bond donors (Lipinski definition) is 0. The molecule has 0 aromatic carbocycles. The molecule has 0 N–H and O–H groups in total. The third-order valence-corrected chi connectivity index (χ3v) is 3.11. The number of hydrogen-bond acceptors (Lipinski definition) is 2. The first kappa shape index (κ1) is 11.7. The Labute approximate surface area is 79.1 Å². The summed E-state index contributed by atoms with van der Waals surface area (Å²) in [6.07, 6.45) is 0. The highest BCUT2D eigenvalue weighted by Gasteiger charge is 2.07. The molecule has 0 heterocycles. The van der Waals surface area contributed by atoms with Gasteiger partial charge in [0, 0.05) is 0 Å². The quantitative estimate of drug-likeness (QED) is 0.642. The van der Waals surface area contributed by atoms with Crippen molar-refractivity contribution in [2.45, 2.75) is 38.4 Å². The summed E-state index contributed by atoms with van der Waals surface area (Å²) in [6.45, 7) is 8.68. The standard InChI is InChI=1S/C8H18NS2/c1-5-10-7(3)9-8(4)11-6-2/h7-8H,5-6H2,1-4H3. The molecular formula is C8H18NS2. The molecule has 0 bridgehead atoms. The predicted molar refractivity (Wildman–Crippen MR) is 57.3 cm³/mol. The Kier molecular flexibility index (Phi) is 7.76. The first-order chi connectivity index (χ1) is 5.20. The van der Waals surface area contributed by atoms with Crippen molar-refractivity contribution in [3.05, 3.63) is 0 Å². The molecule has 0 aromatic heterocycles. The summed E-state index contributed by atoms with van der Waals surface area (Å²) < 4.78 is 0. The van der Waals surface area contributed by atoms with Gasteiger partial charge >= 0.3 is 0 Å². The van der Waals surface area contributed by atoms with Crippen LogP contribution in [0.3, 0.4) is 0 Å². The highest BCUT2D eigenvalue weighted by atomic mass is 32.2. The summed E-state index contributed by atoms with van der Waals surface area (Å²) >= 11 is 3.81. The van der Waals surface area contributed by atoms with Crippen LogP contribution in [0.1, 0.15) is 27.7 Å². The smallest absolute Gasteiger partial charge is 0.0683 e. The van der Waals surface area contributed by atoms with Crippen LogP contribution in [0.5, 0.6) is 0 Å². The lowest BCUT2D eigenvalue weighted by molar-refractivity contribution is 0.666. The van der Waals surface area contributed by atoms with Crippen LogP contribution in [0.25, 0.3) is 0 Å². The molecule has 2 atom stereocenters. The van der Waals surface area contributed by atoms with Crippen molar-refractivity contribution in [1.29, 1.82) is 0 Å². The molecule has 0 spiro atoms. The van der Waals surface area contributed by atoms with Crippen LogP contribution in [0, 0.1) is 0 Å². The van der Waals surface area contributed by atoms with Gasteiger partial charge < -0.3 is 0 Å².